The van der Waals surface area contributed by atoms with Gasteiger partial charge in [-0.25, -0.2) is 0 Å². The van der Waals surface area contributed by atoms with Crippen molar-refractivity contribution in [2.75, 3.05) is 0 Å². The Kier molecular flexibility index (Phi) is 4.10. The molecule has 2 nitrogen and oxygen atoms in total. The molecule has 0 unspecified atom stereocenters. The van der Waals surface area contributed by atoms with Gasteiger partial charge < -0.3 is 0 Å². The molecule has 2 heteroatoms. The monoisotopic (exact) mass is 267 g/mol. The second-order valence-corrected chi connectivity index (χ2v) is 5.93. The highest BCUT2D eigenvalue weighted by Gasteiger charge is 2.16. The molecule has 1 heterocycles. The fraction of sp³-hybridized carbons (Fsp3) is 0.444. The number of aromatic nitrogens is 1. The smallest absolute Gasteiger partial charge is 0.138 e. The number of Topliss-reactive ketones (excluding diaryl/α,β-unsaturated/α-hetero) is 1. The Bertz CT molecular complexity index is 599. The minimum atomic E-state index is 0.333. The molecule has 1 fully saturated rings. The van der Waals surface area contributed by atoms with Gasteiger partial charge in [-0.15, -0.1) is 0 Å². The van der Waals surface area contributed by atoms with Gasteiger partial charge in [0, 0.05) is 30.1 Å². The second-order valence-electron chi connectivity index (χ2n) is 5.93. The lowest BCUT2D eigenvalue weighted by molar-refractivity contribution is -0.118. The van der Waals surface area contributed by atoms with E-state index in [0.717, 1.165) is 29.8 Å². The molecular formula is C18H21NO. The summed E-state index contributed by atoms with van der Waals surface area (Å²) < 4.78 is 0. The first kappa shape index (κ1) is 13.3. The van der Waals surface area contributed by atoms with Crippen LogP contribution in [-0.2, 0) is 11.2 Å². The normalized spacial score (nSPS) is 15.8. The van der Waals surface area contributed by atoms with Crippen LogP contribution in [0.25, 0.3) is 10.8 Å². The van der Waals surface area contributed by atoms with Crippen molar-refractivity contribution in [3.05, 3.63) is 42.2 Å². The molecule has 20 heavy (non-hydrogen) atoms. The summed E-state index contributed by atoms with van der Waals surface area (Å²) in [5.74, 6) is 1.13. The number of benzene rings is 1. The van der Waals surface area contributed by atoms with Crippen LogP contribution in [0, 0.1) is 5.92 Å². The minimum absolute atomic E-state index is 0.333. The maximum Gasteiger partial charge on any atom is 0.138 e. The van der Waals surface area contributed by atoms with Crippen LogP contribution in [-0.4, -0.2) is 10.8 Å². The van der Waals surface area contributed by atoms with E-state index < -0.39 is 0 Å². The third-order valence-electron chi connectivity index (χ3n) is 4.37. The lowest BCUT2D eigenvalue weighted by Crippen LogP contribution is -2.06. The van der Waals surface area contributed by atoms with Crippen molar-refractivity contribution in [3.8, 4) is 0 Å². The lowest BCUT2D eigenvalue weighted by Gasteiger charge is -2.07. The molecule has 1 aliphatic rings. The van der Waals surface area contributed by atoms with Crippen molar-refractivity contribution >= 4 is 16.6 Å². The highest BCUT2D eigenvalue weighted by atomic mass is 16.1. The molecule has 0 spiro atoms. The average Bonchev–Trinajstić information content (AvgIpc) is 2.98. The Morgan fingerprint density at radius 1 is 1.15 bits per heavy atom. The maximum absolute atomic E-state index is 12.1. The van der Waals surface area contributed by atoms with Gasteiger partial charge in [0.05, 0.1) is 0 Å². The maximum atomic E-state index is 12.1. The summed E-state index contributed by atoms with van der Waals surface area (Å²) in [6.45, 7) is 0. The van der Waals surface area contributed by atoms with Gasteiger partial charge in [0.1, 0.15) is 5.78 Å². The largest absolute Gasteiger partial charge is 0.299 e. The summed E-state index contributed by atoms with van der Waals surface area (Å²) in [7, 11) is 0. The summed E-state index contributed by atoms with van der Waals surface area (Å²) in [5.41, 5.74) is 0.903. The molecule has 1 aliphatic carbocycles. The molecule has 1 saturated carbocycles. The zero-order valence-electron chi connectivity index (χ0n) is 11.8. The highest BCUT2D eigenvalue weighted by molar-refractivity contribution is 5.84. The first-order valence-electron chi connectivity index (χ1n) is 7.66. The molecule has 2 aromatic rings. The van der Waals surface area contributed by atoms with Crippen LogP contribution in [0.3, 0.4) is 0 Å². The molecule has 0 saturated heterocycles. The zero-order chi connectivity index (χ0) is 13.8. The third-order valence-corrected chi connectivity index (χ3v) is 4.37. The van der Waals surface area contributed by atoms with Crippen molar-refractivity contribution < 1.29 is 4.79 Å². The topological polar surface area (TPSA) is 30.0 Å². The van der Waals surface area contributed by atoms with E-state index in [1.165, 1.54) is 31.1 Å². The van der Waals surface area contributed by atoms with Gasteiger partial charge in [-0.05, 0) is 23.8 Å². The molecule has 1 aromatic heterocycles. The summed E-state index contributed by atoms with van der Waals surface area (Å²) in [5, 5.41) is 2.30. The van der Waals surface area contributed by atoms with Crippen LogP contribution >= 0.6 is 0 Å². The van der Waals surface area contributed by atoms with E-state index in [0.29, 0.717) is 12.2 Å². The Labute approximate surface area is 120 Å². The molecule has 0 radical (unpaired) electrons. The fourth-order valence-electron chi connectivity index (χ4n) is 3.18. The van der Waals surface area contributed by atoms with Crippen molar-refractivity contribution in [2.45, 2.75) is 44.9 Å². The van der Waals surface area contributed by atoms with Crippen molar-refractivity contribution in [1.82, 2.24) is 4.98 Å². The first-order chi connectivity index (χ1) is 9.81. The predicted molar refractivity (Wildman–Crippen MR) is 81.6 cm³/mol. The van der Waals surface area contributed by atoms with E-state index >= 15 is 0 Å². The Balaban J connectivity index is 1.59. The van der Waals surface area contributed by atoms with Gasteiger partial charge in [-0.1, -0.05) is 49.9 Å². The van der Waals surface area contributed by atoms with E-state index in [1.807, 2.05) is 30.5 Å². The minimum Gasteiger partial charge on any atom is -0.299 e. The van der Waals surface area contributed by atoms with E-state index in [4.69, 9.17) is 0 Å². The summed E-state index contributed by atoms with van der Waals surface area (Å²) in [4.78, 5) is 16.5. The average molecular weight is 267 g/mol. The van der Waals surface area contributed by atoms with E-state index in [1.54, 1.807) is 0 Å². The quantitative estimate of drug-likeness (QED) is 0.807. The molecule has 0 N–H and O–H groups in total. The van der Waals surface area contributed by atoms with E-state index in [2.05, 4.69) is 11.1 Å². The molecule has 0 atom stereocenters. The molecule has 1 aromatic carbocycles. The SMILES string of the molecule is O=C(CCC1CCCC1)Cc1cc2ccccc2cn1. The van der Waals surface area contributed by atoms with Crippen LogP contribution in [0.5, 0.6) is 0 Å². The number of nitrogens with zero attached hydrogens (tertiary/aromatic N) is 1. The van der Waals surface area contributed by atoms with Crippen molar-refractivity contribution in [3.63, 3.8) is 0 Å². The number of carbonyl (C=O) groups excluding carboxylic acids is 1. The number of hydrogen-bond donors (Lipinski definition) is 0. The predicted octanol–water partition coefficient (Wildman–Crippen LogP) is 4.32. The summed E-state index contributed by atoms with van der Waals surface area (Å²) in [6, 6.07) is 10.2. The number of rotatable bonds is 5. The van der Waals surface area contributed by atoms with Crippen LogP contribution in [0.2, 0.25) is 0 Å². The fourth-order valence-corrected chi connectivity index (χ4v) is 3.18. The van der Waals surface area contributed by atoms with Crippen LogP contribution in [0.15, 0.2) is 36.5 Å². The standard InChI is InChI=1S/C18H21NO/c20-18(10-9-14-5-1-2-6-14)12-17-11-15-7-3-4-8-16(15)13-19-17/h3-4,7-8,11,13-14H,1-2,5-6,9-10,12H2. The van der Waals surface area contributed by atoms with Gasteiger partial charge in [-0.2, -0.15) is 0 Å². The van der Waals surface area contributed by atoms with Crippen LogP contribution in [0.1, 0.15) is 44.2 Å². The molecule has 104 valence electrons. The molecule has 0 amide bonds. The lowest BCUT2D eigenvalue weighted by atomic mass is 9.98. The third kappa shape index (κ3) is 3.24. The molecular weight excluding hydrogens is 246 g/mol. The van der Waals surface area contributed by atoms with Crippen LogP contribution in [0.4, 0.5) is 0 Å². The Hall–Kier alpha value is -1.70. The summed E-state index contributed by atoms with van der Waals surface area (Å²) >= 11 is 0. The van der Waals surface area contributed by atoms with Crippen LogP contribution < -0.4 is 0 Å². The Morgan fingerprint density at radius 3 is 2.70 bits per heavy atom. The van der Waals surface area contributed by atoms with Gasteiger partial charge in [0.2, 0.25) is 0 Å². The highest BCUT2D eigenvalue weighted by Crippen LogP contribution is 2.28. The molecule has 0 bridgehead atoms. The molecule has 0 aliphatic heterocycles. The summed E-state index contributed by atoms with van der Waals surface area (Å²) in [6.07, 6.45) is 9.50. The molecule has 3 rings (SSSR count). The number of fused-ring (bicyclic) bond motifs is 1. The van der Waals surface area contributed by atoms with E-state index in [9.17, 15) is 4.79 Å². The van der Waals surface area contributed by atoms with Gasteiger partial charge in [-0.3, -0.25) is 9.78 Å². The number of pyridine rings is 1. The van der Waals surface area contributed by atoms with Crippen molar-refractivity contribution in [2.24, 2.45) is 5.92 Å². The van der Waals surface area contributed by atoms with E-state index in [-0.39, 0.29) is 0 Å². The van der Waals surface area contributed by atoms with Gasteiger partial charge >= 0.3 is 0 Å². The van der Waals surface area contributed by atoms with Gasteiger partial charge in [0.15, 0.2) is 0 Å². The Morgan fingerprint density at radius 2 is 1.90 bits per heavy atom. The second kappa shape index (κ2) is 6.17. The number of carbonyl (C=O) groups is 1. The van der Waals surface area contributed by atoms with Gasteiger partial charge in [0.25, 0.3) is 0 Å². The van der Waals surface area contributed by atoms with Crippen molar-refractivity contribution in [1.29, 1.82) is 0 Å². The number of hydrogen-bond acceptors (Lipinski definition) is 2. The first-order valence-corrected chi connectivity index (χ1v) is 7.66. The number of ketones is 1. The zero-order valence-corrected chi connectivity index (χ0v) is 11.8.